The number of benzene rings is 1. The number of rotatable bonds is 5. The molecule has 1 aromatic rings. The highest BCUT2D eigenvalue weighted by molar-refractivity contribution is 5.82. The lowest BCUT2D eigenvalue weighted by Crippen LogP contribution is -2.57. The van der Waals surface area contributed by atoms with Crippen LogP contribution in [0.4, 0.5) is 0 Å². The van der Waals surface area contributed by atoms with E-state index in [4.69, 9.17) is 10.3 Å². The minimum atomic E-state index is -0.0523. The van der Waals surface area contributed by atoms with E-state index >= 15 is 0 Å². The van der Waals surface area contributed by atoms with Crippen LogP contribution in [0.1, 0.15) is 37.8 Å². The first-order valence-corrected chi connectivity index (χ1v) is 10.7. The molecule has 156 valence electrons. The summed E-state index contributed by atoms with van der Waals surface area (Å²) in [6.45, 7) is 10.7. The average molecular weight is 397 g/mol. The fraction of sp³-hybridized carbons (Fsp3) is 0.591. The molecule has 1 atom stereocenters. The Bertz CT molecular complexity index is 757. The molecule has 0 radical (unpaired) electrons. The molecule has 1 aromatic carbocycles. The van der Waals surface area contributed by atoms with Gasteiger partial charge in [-0.25, -0.2) is 4.99 Å². The van der Waals surface area contributed by atoms with E-state index in [9.17, 15) is 4.79 Å². The topological polar surface area (TPSA) is 75.0 Å². The van der Waals surface area contributed by atoms with Crippen molar-refractivity contribution in [1.29, 1.82) is 5.26 Å². The summed E-state index contributed by atoms with van der Waals surface area (Å²) in [6, 6.07) is 9.71. The van der Waals surface area contributed by atoms with Gasteiger partial charge in [0.1, 0.15) is 0 Å². The smallest absolute Gasteiger partial charge is 0.239 e. The number of carbonyl (C=O) groups is 1. The molecule has 0 aliphatic carbocycles. The highest BCUT2D eigenvalue weighted by Crippen LogP contribution is 2.14. The van der Waals surface area contributed by atoms with Crippen molar-refractivity contribution in [2.75, 3.05) is 45.8 Å². The van der Waals surface area contributed by atoms with Crippen LogP contribution < -0.4 is 5.32 Å². The summed E-state index contributed by atoms with van der Waals surface area (Å²) in [4.78, 5) is 24.0. The quantitative estimate of drug-likeness (QED) is 0.605. The highest BCUT2D eigenvalue weighted by atomic mass is 16.2. The van der Waals surface area contributed by atoms with Crippen LogP contribution in [0.15, 0.2) is 29.3 Å². The summed E-state index contributed by atoms with van der Waals surface area (Å²) in [5, 5.41) is 12.4. The molecule has 29 heavy (non-hydrogen) atoms. The van der Waals surface area contributed by atoms with Crippen LogP contribution in [-0.2, 0) is 11.3 Å². The molecule has 0 bridgehead atoms. The van der Waals surface area contributed by atoms with E-state index in [-0.39, 0.29) is 11.9 Å². The van der Waals surface area contributed by atoms with Crippen LogP contribution in [0.3, 0.4) is 0 Å². The number of amides is 1. The van der Waals surface area contributed by atoms with E-state index in [0.717, 1.165) is 70.2 Å². The maximum Gasteiger partial charge on any atom is 0.239 e. The first-order chi connectivity index (χ1) is 14.1. The SMILES string of the molecule is CCNC(=NCc1cccc(C#N)c1)N1CCN(C(C)C(=O)N2CCCC2)CC1. The number of nitrogens with one attached hydrogen (secondary N) is 1. The molecule has 1 unspecified atom stereocenters. The largest absolute Gasteiger partial charge is 0.357 e. The molecule has 7 heteroatoms. The Morgan fingerprint density at radius 2 is 1.90 bits per heavy atom. The van der Waals surface area contributed by atoms with Gasteiger partial charge < -0.3 is 15.1 Å². The number of aliphatic imine (C=N–C) groups is 1. The third kappa shape index (κ3) is 5.48. The van der Waals surface area contributed by atoms with Crippen molar-refractivity contribution >= 4 is 11.9 Å². The summed E-state index contributed by atoms with van der Waals surface area (Å²) in [5.41, 5.74) is 1.69. The first-order valence-electron chi connectivity index (χ1n) is 10.7. The van der Waals surface area contributed by atoms with Crippen LogP contribution >= 0.6 is 0 Å². The Morgan fingerprint density at radius 3 is 2.55 bits per heavy atom. The van der Waals surface area contributed by atoms with E-state index in [1.165, 1.54) is 0 Å². The summed E-state index contributed by atoms with van der Waals surface area (Å²) in [5.74, 6) is 1.17. The number of hydrogen-bond acceptors (Lipinski definition) is 4. The number of piperazine rings is 1. The molecule has 0 saturated carbocycles. The fourth-order valence-electron chi connectivity index (χ4n) is 4.01. The maximum absolute atomic E-state index is 12.7. The van der Waals surface area contributed by atoms with Crippen molar-refractivity contribution in [1.82, 2.24) is 20.0 Å². The number of likely N-dealkylation sites (tertiary alicyclic amines) is 1. The highest BCUT2D eigenvalue weighted by Gasteiger charge is 2.30. The first kappa shape index (κ1) is 21.1. The maximum atomic E-state index is 12.7. The van der Waals surface area contributed by atoms with E-state index < -0.39 is 0 Å². The van der Waals surface area contributed by atoms with E-state index in [2.05, 4.69) is 28.1 Å². The predicted octanol–water partition coefficient (Wildman–Crippen LogP) is 1.65. The van der Waals surface area contributed by atoms with Crippen molar-refractivity contribution in [2.45, 2.75) is 39.3 Å². The van der Waals surface area contributed by atoms with Crippen molar-refractivity contribution in [3.8, 4) is 6.07 Å². The molecule has 2 heterocycles. The van der Waals surface area contributed by atoms with Gasteiger partial charge in [0.05, 0.1) is 24.2 Å². The van der Waals surface area contributed by atoms with Crippen LogP contribution in [0.25, 0.3) is 0 Å². The lowest BCUT2D eigenvalue weighted by atomic mass is 10.1. The van der Waals surface area contributed by atoms with Gasteiger partial charge in [-0.05, 0) is 44.4 Å². The monoisotopic (exact) mass is 396 g/mol. The summed E-state index contributed by atoms with van der Waals surface area (Å²) in [6.07, 6.45) is 2.26. The molecule has 0 aromatic heterocycles. The van der Waals surface area contributed by atoms with Gasteiger partial charge in [0, 0.05) is 45.8 Å². The average Bonchev–Trinajstić information content (AvgIpc) is 3.31. The van der Waals surface area contributed by atoms with Gasteiger partial charge in [0.2, 0.25) is 5.91 Å². The number of hydrogen-bond donors (Lipinski definition) is 1. The van der Waals surface area contributed by atoms with Crippen LogP contribution in [0, 0.1) is 11.3 Å². The van der Waals surface area contributed by atoms with Gasteiger partial charge in [0.25, 0.3) is 0 Å². The fourth-order valence-corrected chi connectivity index (χ4v) is 4.01. The number of nitrogens with zero attached hydrogens (tertiary/aromatic N) is 5. The number of nitriles is 1. The summed E-state index contributed by atoms with van der Waals surface area (Å²) in [7, 11) is 0. The molecular formula is C22H32N6O. The zero-order chi connectivity index (χ0) is 20.6. The predicted molar refractivity (Wildman–Crippen MR) is 114 cm³/mol. The third-order valence-corrected chi connectivity index (χ3v) is 5.74. The standard InChI is InChI=1S/C22H32N6O/c1-3-24-22(25-17-20-8-6-7-19(15-20)16-23)28-13-11-26(12-14-28)18(2)21(29)27-9-4-5-10-27/h6-8,15,18H,3-5,9-14,17H2,1-2H3,(H,24,25). The lowest BCUT2D eigenvalue weighted by Gasteiger charge is -2.39. The Morgan fingerprint density at radius 1 is 1.17 bits per heavy atom. The van der Waals surface area contributed by atoms with E-state index in [1.54, 1.807) is 0 Å². The van der Waals surface area contributed by atoms with E-state index in [0.29, 0.717) is 12.1 Å². The zero-order valence-corrected chi connectivity index (χ0v) is 17.6. The molecular weight excluding hydrogens is 364 g/mol. The molecule has 2 saturated heterocycles. The Labute approximate surface area is 174 Å². The molecule has 0 spiro atoms. The van der Waals surface area contributed by atoms with Gasteiger partial charge in [-0.15, -0.1) is 0 Å². The van der Waals surface area contributed by atoms with Crippen molar-refractivity contribution in [2.24, 2.45) is 4.99 Å². The Kier molecular flexibility index (Phi) is 7.48. The van der Waals surface area contributed by atoms with Crippen LogP contribution in [-0.4, -0.2) is 78.4 Å². The summed E-state index contributed by atoms with van der Waals surface area (Å²) >= 11 is 0. The van der Waals surface area contributed by atoms with Crippen molar-refractivity contribution in [3.05, 3.63) is 35.4 Å². The van der Waals surface area contributed by atoms with Gasteiger partial charge >= 0.3 is 0 Å². The minimum Gasteiger partial charge on any atom is -0.357 e. The van der Waals surface area contributed by atoms with Crippen molar-refractivity contribution in [3.63, 3.8) is 0 Å². The lowest BCUT2D eigenvalue weighted by molar-refractivity contribution is -0.135. The Hall–Kier alpha value is -2.59. The van der Waals surface area contributed by atoms with Gasteiger partial charge in [-0.1, -0.05) is 12.1 Å². The van der Waals surface area contributed by atoms with Gasteiger partial charge in [0.15, 0.2) is 5.96 Å². The second-order valence-corrected chi connectivity index (χ2v) is 7.71. The molecule has 3 rings (SSSR count). The second-order valence-electron chi connectivity index (χ2n) is 7.71. The molecule has 1 amide bonds. The molecule has 2 aliphatic heterocycles. The normalized spacial score (nSPS) is 19.1. The van der Waals surface area contributed by atoms with Crippen LogP contribution in [0.5, 0.6) is 0 Å². The second kappa shape index (κ2) is 10.3. The minimum absolute atomic E-state index is 0.0523. The van der Waals surface area contributed by atoms with Gasteiger partial charge in [-0.3, -0.25) is 9.69 Å². The molecule has 1 N–H and O–H groups in total. The number of guanidine groups is 1. The van der Waals surface area contributed by atoms with Crippen LogP contribution in [0.2, 0.25) is 0 Å². The number of carbonyl (C=O) groups excluding carboxylic acids is 1. The molecule has 2 aliphatic rings. The zero-order valence-electron chi connectivity index (χ0n) is 17.6. The summed E-state index contributed by atoms with van der Waals surface area (Å²) < 4.78 is 0. The Balaban J connectivity index is 1.57. The molecule has 2 fully saturated rings. The van der Waals surface area contributed by atoms with Crippen molar-refractivity contribution < 1.29 is 4.79 Å². The van der Waals surface area contributed by atoms with Gasteiger partial charge in [-0.2, -0.15) is 5.26 Å². The van der Waals surface area contributed by atoms with E-state index in [1.807, 2.05) is 36.1 Å². The third-order valence-electron chi connectivity index (χ3n) is 5.74. The molecule has 7 nitrogen and oxygen atoms in total.